The Morgan fingerprint density at radius 2 is 2.44 bits per heavy atom. The van der Waals surface area contributed by atoms with E-state index in [1.165, 1.54) is 0 Å². The summed E-state index contributed by atoms with van der Waals surface area (Å²) in [6, 6.07) is 0. The molecule has 0 spiro atoms. The highest BCUT2D eigenvalue weighted by Gasteiger charge is 2.04. The number of aryl methyl sites for hydroxylation is 1. The second-order valence-corrected chi connectivity index (χ2v) is 1.70. The highest BCUT2D eigenvalue weighted by molar-refractivity contribution is 5.64. The molecular formula is C5H6N4. The van der Waals surface area contributed by atoms with Crippen molar-refractivity contribution in [2.45, 2.75) is 6.92 Å². The van der Waals surface area contributed by atoms with Crippen LogP contribution in [0.4, 0.5) is 11.5 Å². The molecule has 0 fully saturated rings. The first-order chi connectivity index (χ1) is 4.25. The summed E-state index contributed by atoms with van der Waals surface area (Å²) in [6.07, 6.45) is 0. The predicted octanol–water partition coefficient (Wildman–Crippen LogP) is 0.851. The highest BCUT2D eigenvalue weighted by Crippen LogP contribution is 2.20. The first kappa shape index (κ1) is 5.63. The molecule has 0 bridgehead atoms. The molecule has 4 heteroatoms. The van der Waals surface area contributed by atoms with Gasteiger partial charge in [-0.05, 0) is 12.0 Å². The smallest absolute Gasteiger partial charge is 0.318 e. The van der Waals surface area contributed by atoms with E-state index in [0.717, 1.165) is 5.69 Å². The van der Waals surface area contributed by atoms with Crippen molar-refractivity contribution in [2.75, 3.05) is 5.73 Å². The van der Waals surface area contributed by atoms with E-state index in [1.54, 1.807) is 6.92 Å². The fourth-order valence-electron chi connectivity index (χ4n) is 0.510. The van der Waals surface area contributed by atoms with Gasteiger partial charge in [-0.1, -0.05) is 6.57 Å². The van der Waals surface area contributed by atoms with Crippen LogP contribution in [-0.2, 0) is 0 Å². The molecule has 0 aromatic carbocycles. The Bertz CT molecular complexity index is 254. The second kappa shape index (κ2) is 1.78. The van der Waals surface area contributed by atoms with Crippen LogP contribution in [0, 0.1) is 13.5 Å². The lowest BCUT2D eigenvalue weighted by atomic mass is 10.4. The van der Waals surface area contributed by atoms with Crippen molar-refractivity contribution in [3.63, 3.8) is 0 Å². The zero-order valence-electron chi connectivity index (χ0n) is 4.97. The average Bonchev–Trinajstić information content (AvgIpc) is 2.15. The third-order valence-corrected chi connectivity index (χ3v) is 1.08. The van der Waals surface area contributed by atoms with E-state index in [0.29, 0.717) is 5.69 Å². The summed E-state index contributed by atoms with van der Waals surface area (Å²) in [6.45, 7) is 8.34. The van der Waals surface area contributed by atoms with Crippen LogP contribution in [0.2, 0.25) is 0 Å². The summed E-state index contributed by atoms with van der Waals surface area (Å²) in [5.41, 5.74) is 6.61. The third kappa shape index (κ3) is 0.722. The van der Waals surface area contributed by atoms with Crippen LogP contribution in [0.5, 0.6) is 0 Å². The van der Waals surface area contributed by atoms with Gasteiger partial charge in [-0.15, -0.1) is 0 Å². The minimum absolute atomic E-state index is 0.257. The Labute approximate surface area is 52.5 Å². The van der Waals surface area contributed by atoms with Crippen LogP contribution in [0.1, 0.15) is 5.69 Å². The van der Waals surface area contributed by atoms with E-state index in [2.05, 4.69) is 15.0 Å². The van der Waals surface area contributed by atoms with Crippen LogP contribution in [0.3, 0.4) is 0 Å². The van der Waals surface area contributed by atoms with Crippen molar-refractivity contribution in [2.24, 2.45) is 0 Å². The molecule has 0 saturated heterocycles. The summed E-state index contributed by atoms with van der Waals surface area (Å²) < 4.78 is 0. The van der Waals surface area contributed by atoms with E-state index in [9.17, 15) is 0 Å². The normalized spacial score (nSPS) is 8.89. The molecule has 0 atom stereocenters. The Morgan fingerprint density at radius 3 is 2.67 bits per heavy atom. The third-order valence-electron chi connectivity index (χ3n) is 1.08. The van der Waals surface area contributed by atoms with Gasteiger partial charge >= 0.3 is 5.82 Å². The zero-order valence-corrected chi connectivity index (χ0v) is 4.97. The standard InChI is InChI=1S/C5H6N4/c1-3-4(6)5(7-2)9-8-3/h6H2,1H3,(H,8,9). The summed E-state index contributed by atoms with van der Waals surface area (Å²) >= 11 is 0. The van der Waals surface area contributed by atoms with E-state index in [-0.39, 0.29) is 5.82 Å². The minimum atomic E-state index is 0.257. The van der Waals surface area contributed by atoms with E-state index in [1.807, 2.05) is 0 Å². The topological polar surface area (TPSA) is 59.1 Å². The molecule has 0 aliphatic rings. The van der Waals surface area contributed by atoms with Crippen LogP contribution in [-0.4, -0.2) is 10.2 Å². The molecule has 4 nitrogen and oxygen atoms in total. The quantitative estimate of drug-likeness (QED) is 0.501. The molecule has 0 amide bonds. The van der Waals surface area contributed by atoms with E-state index in [4.69, 9.17) is 12.3 Å². The fraction of sp³-hybridized carbons (Fsp3) is 0.200. The van der Waals surface area contributed by atoms with E-state index < -0.39 is 0 Å². The van der Waals surface area contributed by atoms with Gasteiger partial charge in [-0.2, -0.15) is 0 Å². The first-order valence-electron chi connectivity index (χ1n) is 2.43. The van der Waals surface area contributed by atoms with Gasteiger partial charge in [0.1, 0.15) is 0 Å². The molecule has 1 aromatic heterocycles. The fourth-order valence-corrected chi connectivity index (χ4v) is 0.510. The lowest BCUT2D eigenvalue weighted by Gasteiger charge is -1.83. The van der Waals surface area contributed by atoms with Crippen molar-refractivity contribution < 1.29 is 0 Å². The summed E-state index contributed by atoms with van der Waals surface area (Å²) in [5, 5.41) is 6.23. The number of H-pyrrole nitrogens is 1. The minimum Gasteiger partial charge on any atom is -0.404 e. The summed E-state index contributed by atoms with van der Waals surface area (Å²) in [7, 11) is 0. The Kier molecular flexibility index (Phi) is 1.12. The summed E-state index contributed by atoms with van der Waals surface area (Å²) in [5.74, 6) is 0.257. The van der Waals surface area contributed by atoms with Gasteiger partial charge in [0.2, 0.25) is 0 Å². The number of rotatable bonds is 0. The average molecular weight is 122 g/mol. The number of aromatic amines is 1. The number of hydrogen-bond acceptors (Lipinski definition) is 2. The lowest BCUT2D eigenvalue weighted by molar-refractivity contribution is 1.06. The number of anilines is 1. The zero-order chi connectivity index (χ0) is 6.85. The molecule has 1 heterocycles. The number of nitrogen functional groups attached to an aromatic ring is 1. The van der Waals surface area contributed by atoms with Gasteiger partial charge in [0.05, 0.1) is 11.4 Å². The van der Waals surface area contributed by atoms with Gasteiger partial charge in [0, 0.05) is 0 Å². The van der Waals surface area contributed by atoms with Crippen molar-refractivity contribution in [1.29, 1.82) is 0 Å². The summed E-state index contributed by atoms with van der Waals surface area (Å²) in [4.78, 5) is 3.07. The van der Waals surface area contributed by atoms with E-state index >= 15 is 0 Å². The van der Waals surface area contributed by atoms with Crippen molar-refractivity contribution in [3.05, 3.63) is 17.1 Å². The number of hydrogen-bond donors (Lipinski definition) is 2. The Balaban J connectivity index is 3.24. The van der Waals surface area contributed by atoms with Gasteiger partial charge in [0.25, 0.3) is 0 Å². The monoisotopic (exact) mass is 122 g/mol. The van der Waals surface area contributed by atoms with Gasteiger partial charge in [0.15, 0.2) is 0 Å². The Hall–Kier alpha value is -1.50. The maximum Gasteiger partial charge on any atom is 0.318 e. The number of nitrogens with two attached hydrogens (primary N) is 1. The molecular weight excluding hydrogens is 116 g/mol. The number of aromatic nitrogens is 2. The lowest BCUT2D eigenvalue weighted by Crippen LogP contribution is -1.83. The number of nitrogens with zero attached hydrogens (tertiary/aromatic N) is 2. The maximum atomic E-state index is 6.56. The first-order valence-corrected chi connectivity index (χ1v) is 2.43. The van der Waals surface area contributed by atoms with Crippen molar-refractivity contribution in [3.8, 4) is 0 Å². The van der Waals surface area contributed by atoms with Crippen LogP contribution >= 0.6 is 0 Å². The van der Waals surface area contributed by atoms with Gasteiger partial charge < -0.3 is 10.6 Å². The molecule has 9 heavy (non-hydrogen) atoms. The molecule has 0 unspecified atom stereocenters. The van der Waals surface area contributed by atoms with Crippen LogP contribution < -0.4 is 5.73 Å². The molecule has 46 valence electrons. The number of nitrogens with one attached hydrogen (secondary N) is 1. The Morgan fingerprint density at radius 1 is 1.78 bits per heavy atom. The highest BCUT2D eigenvalue weighted by atomic mass is 15.2. The molecule has 0 saturated carbocycles. The van der Waals surface area contributed by atoms with Crippen LogP contribution in [0.15, 0.2) is 0 Å². The molecule has 0 aliphatic carbocycles. The molecule has 3 N–H and O–H groups in total. The van der Waals surface area contributed by atoms with Gasteiger partial charge in [-0.25, -0.2) is 5.10 Å². The molecule has 1 rings (SSSR count). The van der Waals surface area contributed by atoms with Crippen molar-refractivity contribution >= 4 is 11.5 Å². The SMILES string of the molecule is [C-]#[N+]c1n[nH]c(C)c1N. The van der Waals surface area contributed by atoms with Crippen molar-refractivity contribution in [1.82, 2.24) is 10.2 Å². The maximum absolute atomic E-state index is 6.56. The molecule has 0 aliphatic heterocycles. The van der Waals surface area contributed by atoms with Crippen LogP contribution in [0.25, 0.3) is 4.85 Å². The molecule has 1 aromatic rings. The van der Waals surface area contributed by atoms with Gasteiger partial charge in [-0.3, -0.25) is 0 Å². The largest absolute Gasteiger partial charge is 0.404 e. The molecule has 0 radical (unpaired) electrons. The predicted molar refractivity (Wildman–Crippen MR) is 34.0 cm³/mol. The second-order valence-electron chi connectivity index (χ2n) is 1.70.